The SMILES string of the molecule is CCCCC(=O)Nc1cc(N)ccc1C. The van der Waals surface area contributed by atoms with Crippen molar-refractivity contribution >= 4 is 17.3 Å². The molecule has 1 rings (SSSR count). The topological polar surface area (TPSA) is 55.1 Å². The van der Waals surface area contributed by atoms with Gasteiger partial charge in [0.1, 0.15) is 0 Å². The summed E-state index contributed by atoms with van der Waals surface area (Å²) in [7, 11) is 0. The van der Waals surface area contributed by atoms with Crippen molar-refractivity contribution in [3.63, 3.8) is 0 Å². The Morgan fingerprint density at radius 2 is 2.20 bits per heavy atom. The average Bonchev–Trinajstić information content (AvgIpc) is 2.20. The molecule has 1 aromatic carbocycles. The predicted molar refractivity (Wildman–Crippen MR) is 63.7 cm³/mol. The van der Waals surface area contributed by atoms with Crippen LogP contribution in [0.5, 0.6) is 0 Å². The summed E-state index contributed by atoms with van der Waals surface area (Å²) < 4.78 is 0. The first-order valence-electron chi connectivity index (χ1n) is 5.29. The zero-order valence-electron chi connectivity index (χ0n) is 9.34. The van der Waals surface area contributed by atoms with E-state index in [0.717, 1.165) is 24.1 Å². The molecule has 0 radical (unpaired) electrons. The molecule has 0 spiro atoms. The summed E-state index contributed by atoms with van der Waals surface area (Å²) in [5, 5.41) is 2.87. The largest absolute Gasteiger partial charge is 0.399 e. The van der Waals surface area contributed by atoms with Crippen LogP contribution in [0.4, 0.5) is 11.4 Å². The Bertz CT molecular complexity index is 347. The molecule has 0 fully saturated rings. The zero-order valence-corrected chi connectivity index (χ0v) is 9.34. The molecule has 82 valence electrons. The number of nitrogens with one attached hydrogen (secondary N) is 1. The van der Waals surface area contributed by atoms with E-state index in [2.05, 4.69) is 12.2 Å². The summed E-state index contributed by atoms with van der Waals surface area (Å²) >= 11 is 0. The molecule has 1 aromatic rings. The van der Waals surface area contributed by atoms with Crippen molar-refractivity contribution in [1.82, 2.24) is 0 Å². The minimum absolute atomic E-state index is 0.0607. The van der Waals surface area contributed by atoms with Gasteiger partial charge in [0.05, 0.1) is 0 Å². The highest BCUT2D eigenvalue weighted by atomic mass is 16.1. The van der Waals surface area contributed by atoms with Crippen LogP contribution in [0.2, 0.25) is 0 Å². The molecule has 15 heavy (non-hydrogen) atoms. The first kappa shape index (κ1) is 11.6. The number of amides is 1. The molecule has 0 atom stereocenters. The Labute approximate surface area is 90.7 Å². The van der Waals surface area contributed by atoms with E-state index in [-0.39, 0.29) is 5.91 Å². The molecule has 0 aliphatic heterocycles. The van der Waals surface area contributed by atoms with Crippen molar-refractivity contribution in [2.45, 2.75) is 33.1 Å². The molecular weight excluding hydrogens is 188 g/mol. The molecule has 3 N–H and O–H groups in total. The highest BCUT2D eigenvalue weighted by molar-refractivity contribution is 5.91. The van der Waals surface area contributed by atoms with Gasteiger partial charge in [0.25, 0.3) is 0 Å². The van der Waals surface area contributed by atoms with Gasteiger partial charge in [0, 0.05) is 17.8 Å². The highest BCUT2D eigenvalue weighted by Crippen LogP contribution is 2.18. The van der Waals surface area contributed by atoms with Crippen LogP contribution in [0.1, 0.15) is 31.7 Å². The third-order valence-corrected chi connectivity index (χ3v) is 2.29. The molecule has 3 nitrogen and oxygen atoms in total. The molecule has 1 amide bonds. The first-order chi connectivity index (χ1) is 7.13. The van der Waals surface area contributed by atoms with E-state index in [9.17, 15) is 4.79 Å². The number of unbranched alkanes of at least 4 members (excludes halogenated alkanes) is 1. The predicted octanol–water partition coefficient (Wildman–Crippen LogP) is 2.71. The minimum Gasteiger partial charge on any atom is -0.399 e. The first-order valence-corrected chi connectivity index (χ1v) is 5.29. The lowest BCUT2D eigenvalue weighted by molar-refractivity contribution is -0.116. The van der Waals surface area contributed by atoms with E-state index in [1.165, 1.54) is 0 Å². The van der Waals surface area contributed by atoms with E-state index in [1.54, 1.807) is 6.07 Å². The van der Waals surface area contributed by atoms with Crippen LogP contribution < -0.4 is 11.1 Å². The Balaban J connectivity index is 2.63. The Hall–Kier alpha value is -1.51. The summed E-state index contributed by atoms with van der Waals surface area (Å²) in [6, 6.07) is 5.53. The number of hydrogen-bond donors (Lipinski definition) is 2. The van der Waals surface area contributed by atoms with Crippen LogP contribution in [0.3, 0.4) is 0 Å². The zero-order chi connectivity index (χ0) is 11.3. The number of nitrogens with two attached hydrogens (primary N) is 1. The Morgan fingerprint density at radius 1 is 1.47 bits per heavy atom. The van der Waals surface area contributed by atoms with E-state index >= 15 is 0 Å². The van der Waals surface area contributed by atoms with Crippen molar-refractivity contribution in [2.75, 3.05) is 11.1 Å². The maximum Gasteiger partial charge on any atom is 0.224 e. The smallest absolute Gasteiger partial charge is 0.224 e. The highest BCUT2D eigenvalue weighted by Gasteiger charge is 2.04. The molecule has 0 saturated carbocycles. The van der Waals surface area contributed by atoms with Crippen molar-refractivity contribution < 1.29 is 4.79 Å². The maximum atomic E-state index is 11.5. The monoisotopic (exact) mass is 206 g/mol. The van der Waals surface area contributed by atoms with Gasteiger partial charge < -0.3 is 11.1 Å². The summed E-state index contributed by atoms with van der Waals surface area (Å²) in [5.41, 5.74) is 8.18. The van der Waals surface area contributed by atoms with Gasteiger partial charge in [-0.05, 0) is 31.0 Å². The quantitative estimate of drug-likeness (QED) is 0.744. The van der Waals surface area contributed by atoms with Crippen LogP contribution in [0.25, 0.3) is 0 Å². The van der Waals surface area contributed by atoms with Crippen LogP contribution in [-0.2, 0) is 4.79 Å². The molecule has 3 heteroatoms. The van der Waals surface area contributed by atoms with Crippen LogP contribution in [-0.4, -0.2) is 5.91 Å². The van der Waals surface area contributed by atoms with Crippen LogP contribution in [0.15, 0.2) is 18.2 Å². The fourth-order valence-corrected chi connectivity index (χ4v) is 1.32. The molecular formula is C12H18N2O. The van der Waals surface area contributed by atoms with E-state index in [1.807, 2.05) is 19.1 Å². The molecule has 0 bridgehead atoms. The number of anilines is 2. The summed E-state index contributed by atoms with van der Waals surface area (Å²) in [5.74, 6) is 0.0607. The second-order valence-electron chi connectivity index (χ2n) is 3.73. The number of hydrogen-bond acceptors (Lipinski definition) is 2. The molecule has 0 aromatic heterocycles. The van der Waals surface area contributed by atoms with Crippen molar-refractivity contribution in [1.29, 1.82) is 0 Å². The molecule has 0 saturated heterocycles. The third-order valence-electron chi connectivity index (χ3n) is 2.29. The molecule has 0 unspecified atom stereocenters. The molecule has 0 aliphatic carbocycles. The lowest BCUT2D eigenvalue weighted by Gasteiger charge is -2.08. The maximum absolute atomic E-state index is 11.5. The van der Waals surface area contributed by atoms with Crippen molar-refractivity contribution in [2.24, 2.45) is 0 Å². The van der Waals surface area contributed by atoms with Gasteiger partial charge in [-0.15, -0.1) is 0 Å². The van der Waals surface area contributed by atoms with Gasteiger partial charge in [-0.25, -0.2) is 0 Å². The second-order valence-corrected chi connectivity index (χ2v) is 3.73. The number of rotatable bonds is 4. The van der Waals surface area contributed by atoms with E-state index in [0.29, 0.717) is 12.1 Å². The number of carbonyl (C=O) groups excluding carboxylic acids is 1. The summed E-state index contributed by atoms with van der Waals surface area (Å²) in [4.78, 5) is 11.5. The van der Waals surface area contributed by atoms with Gasteiger partial charge >= 0.3 is 0 Å². The number of benzene rings is 1. The summed E-state index contributed by atoms with van der Waals surface area (Å²) in [6.07, 6.45) is 2.53. The van der Waals surface area contributed by atoms with Crippen molar-refractivity contribution in [3.05, 3.63) is 23.8 Å². The lowest BCUT2D eigenvalue weighted by atomic mass is 10.1. The van der Waals surface area contributed by atoms with Gasteiger partial charge in [0.2, 0.25) is 5.91 Å². The normalized spacial score (nSPS) is 10.0. The van der Waals surface area contributed by atoms with E-state index in [4.69, 9.17) is 5.73 Å². The average molecular weight is 206 g/mol. The van der Waals surface area contributed by atoms with Crippen LogP contribution in [0, 0.1) is 6.92 Å². The number of nitrogen functional groups attached to an aromatic ring is 1. The van der Waals surface area contributed by atoms with Gasteiger partial charge in [0.15, 0.2) is 0 Å². The third kappa shape index (κ3) is 3.62. The van der Waals surface area contributed by atoms with Crippen molar-refractivity contribution in [3.8, 4) is 0 Å². The van der Waals surface area contributed by atoms with Crippen LogP contribution >= 0.6 is 0 Å². The fraction of sp³-hybridized carbons (Fsp3) is 0.417. The Kier molecular flexibility index (Phi) is 4.16. The number of aryl methyl sites for hydroxylation is 1. The van der Waals surface area contributed by atoms with E-state index < -0.39 is 0 Å². The standard InChI is InChI=1S/C12H18N2O/c1-3-4-5-12(15)14-11-8-10(13)7-6-9(11)2/h6-8H,3-5,13H2,1-2H3,(H,14,15). The number of carbonyl (C=O) groups is 1. The lowest BCUT2D eigenvalue weighted by Crippen LogP contribution is -2.12. The fourth-order valence-electron chi connectivity index (χ4n) is 1.32. The molecule has 0 heterocycles. The van der Waals surface area contributed by atoms with Gasteiger partial charge in [-0.3, -0.25) is 4.79 Å². The summed E-state index contributed by atoms with van der Waals surface area (Å²) in [6.45, 7) is 4.02. The van der Waals surface area contributed by atoms with Gasteiger partial charge in [-0.1, -0.05) is 19.4 Å². The Morgan fingerprint density at radius 3 is 2.87 bits per heavy atom. The molecule has 0 aliphatic rings. The minimum atomic E-state index is 0.0607. The second kappa shape index (κ2) is 5.39. The van der Waals surface area contributed by atoms with Gasteiger partial charge in [-0.2, -0.15) is 0 Å².